The van der Waals surface area contributed by atoms with Crippen LogP contribution in [0.2, 0.25) is 0 Å². The fraction of sp³-hybridized carbons (Fsp3) is 0.444. The quantitative estimate of drug-likeness (QED) is 0.0367. The number of likely N-dealkylation sites (tertiary alicyclic amines) is 1. The van der Waals surface area contributed by atoms with Gasteiger partial charge in [-0.2, -0.15) is 4.98 Å². The smallest absolute Gasteiger partial charge is 0.278 e. The summed E-state index contributed by atoms with van der Waals surface area (Å²) < 4.78 is 14.4. The van der Waals surface area contributed by atoms with Crippen molar-refractivity contribution in [2.75, 3.05) is 69.5 Å². The number of anilines is 3. The highest BCUT2D eigenvalue weighted by atomic mass is 32.1. The molecule has 6 aromatic rings. The second kappa shape index (κ2) is 23.8. The van der Waals surface area contributed by atoms with E-state index in [1.165, 1.54) is 15.8 Å². The number of hydrogen-bond donors (Lipinski definition) is 5. The van der Waals surface area contributed by atoms with Gasteiger partial charge in [-0.25, -0.2) is 24.3 Å². The number of aryl methyl sites for hydroxylation is 1. The van der Waals surface area contributed by atoms with E-state index in [1.54, 1.807) is 54.1 Å². The van der Waals surface area contributed by atoms with Crippen LogP contribution < -0.4 is 26.4 Å². The number of fused-ring (bicyclic) bond motifs is 1. The number of carbonyl (C=O) groups excluding carboxylic acids is 3. The fourth-order valence-corrected chi connectivity index (χ4v) is 10.0. The number of amides is 3. The van der Waals surface area contributed by atoms with Gasteiger partial charge in [0.1, 0.15) is 36.5 Å². The number of carbonyl (C=O) groups is 3. The first-order valence-corrected chi connectivity index (χ1v) is 26.1. The summed E-state index contributed by atoms with van der Waals surface area (Å²) in [6, 6.07) is 19.3. The van der Waals surface area contributed by atoms with Crippen LogP contribution in [-0.2, 0) is 42.5 Å². The number of nitrogens with one attached hydrogen (secondary N) is 3. The van der Waals surface area contributed by atoms with Gasteiger partial charge in [0, 0.05) is 69.8 Å². The van der Waals surface area contributed by atoms with Crippen LogP contribution in [0.25, 0.3) is 27.3 Å². The highest BCUT2D eigenvalue weighted by molar-refractivity contribution is 7.13. The molecule has 8 rings (SSSR count). The van der Waals surface area contributed by atoms with Crippen LogP contribution in [0.1, 0.15) is 64.4 Å². The van der Waals surface area contributed by atoms with Crippen molar-refractivity contribution in [3.63, 3.8) is 0 Å². The van der Waals surface area contributed by atoms with Gasteiger partial charge < -0.3 is 45.4 Å². The Morgan fingerprint density at radius 2 is 1.71 bits per heavy atom. The summed E-state index contributed by atoms with van der Waals surface area (Å²) in [7, 11) is 0. The Labute approximate surface area is 440 Å². The van der Waals surface area contributed by atoms with Gasteiger partial charge in [0.2, 0.25) is 23.7 Å². The van der Waals surface area contributed by atoms with Gasteiger partial charge in [0.25, 0.3) is 5.56 Å². The van der Waals surface area contributed by atoms with Crippen LogP contribution in [0, 0.1) is 12.3 Å². The highest BCUT2D eigenvalue weighted by Gasteiger charge is 2.44. The molecule has 2 fully saturated rings. The van der Waals surface area contributed by atoms with Crippen molar-refractivity contribution in [3.05, 3.63) is 118 Å². The Balaban J connectivity index is 0.741. The molecule has 20 nitrogen and oxygen atoms in total. The molecule has 2 saturated heterocycles. The van der Waals surface area contributed by atoms with E-state index in [0.29, 0.717) is 35.1 Å². The highest BCUT2D eigenvalue weighted by Crippen LogP contribution is 2.29. The minimum atomic E-state index is -1.19. The molecule has 2 aliphatic heterocycles. The number of aromatic nitrogens is 6. The predicted molar refractivity (Wildman–Crippen MR) is 288 cm³/mol. The summed E-state index contributed by atoms with van der Waals surface area (Å²) in [6.45, 7) is 19.4. The van der Waals surface area contributed by atoms with E-state index >= 15 is 0 Å². The molecule has 0 bridgehead atoms. The van der Waals surface area contributed by atoms with Gasteiger partial charge in [-0.3, -0.25) is 24.1 Å². The van der Waals surface area contributed by atoms with Crippen LogP contribution in [0.4, 0.5) is 17.3 Å². The average molecular weight is 1050 g/mol. The number of hydrogen-bond acceptors (Lipinski definition) is 16. The summed E-state index contributed by atoms with van der Waals surface area (Å²) in [4.78, 5) is 79.4. The Morgan fingerprint density at radius 3 is 2.39 bits per heavy atom. The van der Waals surface area contributed by atoms with Crippen LogP contribution >= 0.6 is 11.3 Å². The third kappa shape index (κ3) is 13.3. The third-order valence-corrected chi connectivity index (χ3v) is 14.3. The lowest BCUT2D eigenvalue weighted by atomic mass is 9.85. The van der Waals surface area contributed by atoms with Gasteiger partial charge in [0.05, 0.1) is 41.0 Å². The molecular formula is C54H68N12O8S. The van der Waals surface area contributed by atoms with Crippen LogP contribution in [0.3, 0.4) is 0 Å². The van der Waals surface area contributed by atoms with Crippen molar-refractivity contribution in [2.45, 2.75) is 91.3 Å². The standard InChI is InChI=1S/C54H68N12O8S/c1-8-21-65-50(70)41-30-56-52(61-48(41)66(65)44-12-9-11-43(59-44)54(6,7)72)58-38-17-19-39(20-18-38)63-25-23-62(24-26-63)22-10-27-73-34-74-32-45(68)60-47(53(3,4)5)51(71)64-31-40(67)28-42(64)49(69)55-29-36-13-15-37(16-14-36)46-35(2)57-33-75-46/h8-9,11-20,30,33,40,42,47,67,72H,1,10,21-29,31-32,34H2,2-7H3,(H,55,69)(H,60,68)(H,56,58,61)/t40-,42+,47-/m1/s1. The minimum Gasteiger partial charge on any atom is -0.391 e. The summed E-state index contributed by atoms with van der Waals surface area (Å²) in [5.74, 6) is -0.576. The molecule has 0 saturated carbocycles. The number of allylic oxidation sites excluding steroid dienone is 1. The number of ether oxygens (including phenoxy) is 2. The van der Waals surface area contributed by atoms with E-state index in [4.69, 9.17) is 14.5 Å². The molecule has 4 aromatic heterocycles. The third-order valence-electron chi connectivity index (χ3n) is 13.3. The van der Waals surface area contributed by atoms with E-state index < -0.39 is 41.0 Å². The first-order chi connectivity index (χ1) is 35.9. The molecule has 398 valence electrons. The van der Waals surface area contributed by atoms with E-state index in [0.717, 1.165) is 72.2 Å². The van der Waals surface area contributed by atoms with Crippen LogP contribution in [0.5, 0.6) is 0 Å². The Kier molecular flexibility index (Phi) is 17.2. The lowest BCUT2D eigenvalue weighted by molar-refractivity contribution is -0.145. The van der Waals surface area contributed by atoms with Crippen molar-refractivity contribution >= 4 is 57.4 Å². The summed E-state index contributed by atoms with van der Waals surface area (Å²) >= 11 is 1.57. The van der Waals surface area contributed by atoms with Gasteiger partial charge in [-0.15, -0.1) is 17.9 Å². The van der Waals surface area contributed by atoms with Crippen molar-refractivity contribution in [1.29, 1.82) is 0 Å². The normalized spacial score (nSPS) is 16.8. The molecule has 2 aromatic carbocycles. The molecule has 0 aliphatic carbocycles. The monoisotopic (exact) mass is 1040 g/mol. The first kappa shape index (κ1) is 54.4. The zero-order valence-electron chi connectivity index (χ0n) is 43.5. The second-order valence-corrected chi connectivity index (χ2v) is 21.4. The van der Waals surface area contributed by atoms with Crippen LogP contribution in [0.15, 0.2) is 95.9 Å². The summed E-state index contributed by atoms with van der Waals surface area (Å²) in [5.41, 5.74) is 5.22. The lowest BCUT2D eigenvalue weighted by Gasteiger charge is -2.36. The number of benzene rings is 2. The second-order valence-electron chi connectivity index (χ2n) is 20.5. The van der Waals surface area contributed by atoms with E-state index in [2.05, 4.69) is 59.4 Å². The molecule has 0 unspecified atom stereocenters. The first-order valence-electron chi connectivity index (χ1n) is 25.2. The number of rotatable bonds is 21. The molecule has 3 atom stereocenters. The van der Waals surface area contributed by atoms with Crippen molar-refractivity contribution in [1.82, 2.24) is 49.7 Å². The zero-order chi connectivity index (χ0) is 53.4. The van der Waals surface area contributed by atoms with E-state index in [-0.39, 0.29) is 50.9 Å². The van der Waals surface area contributed by atoms with Crippen molar-refractivity contribution in [3.8, 4) is 16.3 Å². The van der Waals surface area contributed by atoms with Gasteiger partial charge >= 0.3 is 0 Å². The zero-order valence-corrected chi connectivity index (χ0v) is 44.3. The van der Waals surface area contributed by atoms with Gasteiger partial charge in [-0.05, 0) is 80.1 Å². The van der Waals surface area contributed by atoms with Crippen LogP contribution in [-0.4, -0.2) is 144 Å². The summed E-state index contributed by atoms with van der Waals surface area (Å²) in [6.07, 6.45) is 3.13. The largest absolute Gasteiger partial charge is 0.391 e. The van der Waals surface area contributed by atoms with Gasteiger partial charge in [-0.1, -0.05) is 57.2 Å². The molecule has 21 heteroatoms. The van der Waals surface area contributed by atoms with Crippen molar-refractivity contribution < 1.29 is 34.1 Å². The molecule has 6 heterocycles. The Bertz CT molecular complexity index is 3010. The number of thiazole rings is 1. The number of β-amino-alcohol motifs (C(OH)–C–C–N with tert-alkyl or cyclic N) is 1. The molecule has 3 amide bonds. The SMILES string of the molecule is C=CCn1c(=O)c2cnc(Nc3ccc(N4CCN(CCCOCOCC(=O)N[C@H](C(=O)N5C[C@H](O)C[C@H]5C(=O)NCc5ccc(-c6scnc6C)cc5)C(C)(C)C)CC4)cc3)nc2n1-c1cccc(C(C)(C)O)n1. The molecule has 2 aliphatic rings. The topological polar surface area (TPSA) is 234 Å². The lowest BCUT2D eigenvalue weighted by Crippen LogP contribution is -2.58. The molecular weight excluding hydrogens is 977 g/mol. The fourth-order valence-electron chi connectivity index (χ4n) is 9.23. The maximum atomic E-state index is 14.0. The number of aliphatic hydroxyl groups excluding tert-OH is 1. The Morgan fingerprint density at radius 1 is 0.960 bits per heavy atom. The maximum Gasteiger partial charge on any atom is 0.278 e. The van der Waals surface area contributed by atoms with Gasteiger partial charge in [0.15, 0.2) is 11.5 Å². The number of nitrogens with zero attached hydrogens (tertiary/aromatic N) is 9. The number of aliphatic hydroxyl groups is 2. The molecule has 5 N–H and O–H groups in total. The van der Waals surface area contributed by atoms with E-state index in [1.807, 2.05) is 69.6 Å². The molecule has 0 spiro atoms. The minimum absolute atomic E-state index is 0.0194. The van der Waals surface area contributed by atoms with Crippen molar-refractivity contribution in [2.24, 2.45) is 5.41 Å². The maximum absolute atomic E-state index is 14.0. The predicted octanol–water partition coefficient (Wildman–Crippen LogP) is 4.88. The van der Waals surface area contributed by atoms with E-state index in [9.17, 15) is 29.4 Å². The summed E-state index contributed by atoms with van der Waals surface area (Å²) in [5, 5.41) is 30.6. The molecule has 0 radical (unpaired) electrons. The number of pyridine rings is 1. The average Bonchev–Trinajstić information content (AvgIpc) is 4.08. The Hall–Kier alpha value is -6.88. The number of piperazine rings is 1. The molecule has 75 heavy (non-hydrogen) atoms.